The van der Waals surface area contributed by atoms with E-state index in [0.29, 0.717) is 11.5 Å². The molecule has 7 nitrogen and oxygen atoms in total. The Morgan fingerprint density at radius 3 is 2.73 bits per heavy atom. The van der Waals surface area contributed by atoms with Crippen molar-refractivity contribution in [1.29, 1.82) is 0 Å². The van der Waals surface area contributed by atoms with Crippen molar-refractivity contribution in [2.24, 2.45) is 11.8 Å². The fraction of sp³-hybridized carbons (Fsp3) is 0.625. The first-order valence-corrected chi connectivity index (χ1v) is 13.0. The number of fused-ring (bicyclic) bond motifs is 5. The van der Waals surface area contributed by atoms with Gasteiger partial charge in [0.2, 0.25) is 0 Å². The van der Waals surface area contributed by atoms with Gasteiger partial charge < -0.3 is 19.5 Å². The van der Waals surface area contributed by atoms with Crippen LogP contribution in [0.3, 0.4) is 0 Å². The summed E-state index contributed by atoms with van der Waals surface area (Å²) in [5.41, 5.74) is 1.75. The number of nitrogens with one attached hydrogen (secondary N) is 1. The summed E-state index contributed by atoms with van der Waals surface area (Å²) in [6.07, 6.45) is 4.21. The summed E-state index contributed by atoms with van der Waals surface area (Å²) in [5, 5.41) is 3.78. The lowest BCUT2D eigenvalue weighted by Gasteiger charge is -2.58. The van der Waals surface area contributed by atoms with Crippen LogP contribution in [-0.4, -0.2) is 57.1 Å². The highest BCUT2D eigenvalue weighted by molar-refractivity contribution is 14.1. The number of rotatable bonds is 6. The van der Waals surface area contributed by atoms with Gasteiger partial charge in [-0.1, -0.05) is 20.3 Å². The first kappa shape index (κ1) is 25.1. The van der Waals surface area contributed by atoms with E-state index < -0.39 is 5.72 Å². The number of piperidine rings is 2. The topological polar surface area (TPSA) is 69.3 Å². The normalized spacial score (nSPS) is 33.4. The van der Waals surface area contributed by atoms with Gasteiger partial charge in [-0.2, -0.15) is 0 Å². The van der Waals surface area contributed by atoms with Crippen LogP contribution in [0.1, 0.15) is 38.7 Å². The molecular weight excluding hydrogens is 603 g/mol. The van der Waals surface area contributed by atoms with Crippen molar-refractivity contribution in [3.05, 3.63) is 34.0 Å². The first-order chi connectivity index (χ1) is 15.8. The monoisotopic (exact) mass is 634 g/mol. The highest BCUT2D eigenvalue weighted by Gasteiger charge is 2.66. The number of ether oxygens (including phenoxy) is 3. The highest BCUT2D eigenvalue weighted by Crippen LogP contribution is 2.61. The lowest BCUT2D eigenvalue weighted by molar-refractivity contribution is -0.139. The van der Waals surface area contributed by atoms with Gasteiger partial charge >= 0.3 is 5.97 Å². The Labute approximate surface area is 218 Å². The molecule has 3 aliphatic heterocycles. The van der Waals surface area contributed by atoms with Crippen LogP contribution in [0, 0.1) is 11.8 Å². The van der Waals surface area contributed by atoms with Crippen LogP contribution in [0.2, 0.25) is 0 Å². The number of nitrogens with zero attached hydrogens (tertiary/aromatic N) is 1. The molecule has 182 valence electrons. The number of methoxy groups -OCH3 is 3. The number of benzene rings is 1. The van der Waals surface area contributed by atoms with Crippen molar-refractivity contribution in [3.8, 4) is 5.75 Å². The number of carbonyl (C=O) groups is 1. The van der Waals surface area contributed by atoms with Gasteiger partial charge in [0, 0.05) is 22.0 Å². The Morgan fingerprint density at radius 1 is 1.36 bits per heavy atom. The zero-order valence-electron chi connectivity index (χ0n) is 19.7. The molecule has 0 bridgehead atoms. The van der Waals surface area contributed by atoms with Crippen LogP contribution in [0.5, 0.6) is 5.75 Å². The molecule has 1 N–H and O–H groups in total. The summed E-state index contributed by atoms with van der Waals surface area (Å²) >= 11 is 5.79. The predicted octanol–water partition coefficient (Wildman–Crippen LogP) is 5.03. The molecule has 0 amide bonds. The standard InChI is InChI=1S/C24H32BrIN2O5/c1-6-14-12-28-10-9-23(2)20-18(31-4)8-7-17(25)21(20)27-24(23,33-26)19(28)11-15(14)16(13-30-3)22(29)32-5/h7-8,13-15,19,27H,6,9-12H2,1-5H3/b16-13+/t14-,15+,19+,23-,24+/m1/s1. The number of esters is 1. The molecule has 0 radical (unpaired) electrons. The van der Waals surface area contributed by atoms with Crippen molar-refractivity contribution in [3.63, 3.8) is 0 Å². The van der Waals surface area contributed by atoms with E-state index in [-0.39, 0.29) is 23.3 Å². The molecule has 0 spiro atoms. The summed E-state index contributed by atoms with van der Waals surface area (Å²) in [6.45, 7) is 6.29. The Balaban J connectivity index is 1.81. The van der Waals surface area contributed by atoms with Gasteiger partial charge in [-0.25, -0.2) is 4.79 Å². The molecule has 2 saturated heterocycles. The maximum absolute atomic E-state index is 12.7. The zero-order valence-corrected chi connectivity index (χ0v) is 23.5. The molecule has 3 heterocycles. The minimum atomic E-state index is -0.684. The SMILES string of the molecule is CC[C@@H]1CN2CC[C@]3(C)c4c(OC)ccc(Br)c4N[C@]3(OI)[C@@H]2C[C@@H]1/C(=C\OC)C(=O)OC. The average Bonchev–Trinajstić information content (AvgIpc) is 3.12. The van der Waals surface area contributed by atoms with Gasteiger partial charge in [0.1, 0.15) is 28.8 Å². The van der Waals surface area contributed by atoms with Crippen LogP contribution < -0.4 is 10.1 Å². The van der Waals surface area contributed by atoms with Crippen molar-refractivity contribution < 1.29 is 22.1 Å². The summed E-state index contributed by atoms with van der Waals surface area (Å²) in [7, 11) is 4.71. The maximum atomic E-state index is 12.7. The summed E-state index contributed by atoms with van der Waals surface area (Å²) in [6, 6.07) is 4.06. The second kappa shape index (κ2) is 9.54. The molecule has 9 heteroatoms. The van der Waals surface area contributed by atoms with E-state index >= 15 is 0 Å². The van der Waals surface area contributed by atoms with Crippen molar-refractivity contribution in [1.82, 2.24) is 4.90 Å². The second-order valence-corrected chi connectivity index (χ2v) is 10.6. The van der Waals surface area contributed by atoms with Crippen LogP contribution in [0.4, 0.5) is 5.69 Å². The molecular formula is C24H32BrIN2O5. The first-order valence-electron chi connectivity index (χ1n) is 11.3. The zero-order chi connectivity index (χ0) is 24.0. The molecule has 2 fully saturated rings. The molecule has 0 saturated carbocycles. The largest absolute Gasteiger partial charge is 0.504 e. The molecule has 0 aliphatic carbocycles. The van der Waals surface area contributed by atoms with Crippen molar-refractivity contribution >= 4 is 50.6 Å². The molecule has 0 aromatic heterocycles. The predicted molar refractivity (Wildman–Crippen MR) is 138 cm³/mol. The van der Waals surface area contributed by atoms with Gasteiger partial charge in [-0.05, 0) is 59.3 Å². The van der Waals surface area contributed by atoms with Crippen molar-refractivity contribution in [2.45, 2.75) is 50.3 Å². The lowest BCUT2D eigenvalue weighted by atomic mass is 9.63. The Hall–Kier alpha value is -1.04. The van der Waals surface area contributed by atoms with Crippen LogP contribution in [-0.2, 0) is 22.7 Å². The molecule has 1 aromatic carbocycles. The van der Waals surface area contributed by atoms with Gasteiger partial charge in [0.15, 0.2) is 5.72 Å². The van der Waals surface area contributed by atoms with E-state index in [0.717, 1.165) is 53.8 Å². The molecule has 1 aromatic rings. The molecule has 5 atom stereocenters. The smallest absolute Gasteiger partial charge is 0.337 e. The quantitative estimate of drug-likeness (QED) is 0.204. The number of hydrogen-bond donors (Lipinski definition) is 1. The highest BCUT2D eigenvalue weighted by atomic mass is 127. The minimum absolute atomic E-state index is 0.00488. The fourth-order valence-electron chi connectivity index (χ4n) is 6.33. The summed E-state index contributed by atoms with van der Waals surface area (Å²) in [4.78, 5) is 15.2. The number of hydrogen-bond acceptors (Lipinski definition) is 7. The van der Waals surface area contributed by atoms with E-state index in [1.165, 1.54) is 7.11 Å². The minimum Gasteiger partial charge on any atom is -0.504 e. The Kier molecular flexibility index (Phi) is 7.25. The number of halogens is 2. The van der Waals surface area contributed by atoms with Crippen molar-refractivity contribution in [2.75, 3.05) is 39.7 Å². The van der Waals surface area contributed by atoms with Gasteiger partial charge in [0.05, 0.1) is 44.9 Å². The molecule has 4 rings (SSSR count). The van der Waals surface area contributed by atoms with Crippen LogP contribution in [0.15, 0.2) is 28.4 Å². The van der Waals surface area contributed by atoms with Gasteiger partial charge in [0.25, 0.3) is 0 Å². The van der Waals surface area contributed by atoms with Gasteiger partial charge in [-0.3, -0.25) is 7.97 Å². The van der Waals surface area contributed by atoms with Crippen LogP contribution >= 0.6 is 38.9 Å². The number of anilines is 1. The van der Waals surface area contributed by atoms with Gasteiger partial charge in [-0.15, -0.1) is 0 Å². The third kappa shape index (κ3) is 3.68. The van der Waals surface area contributed by atoms with E-state index in [9.17, 15) is 4.79 Å². The average molecular weight is 635 g/mol. The second-order valence-electron chi connectivity index (χ2n) is 9.34. The number of carbonyl (C=O) groups excluding carboxylic acids is 1. The van der Waals surface area contributed by atoms with E-state index in [2.05, 4.69) is 40.0 Å². The Bertz CT molecular complexity index is 959. The molecule has 33 heavy (non-hydrogen) atoms. The van der Waals surface area contributed by atoms with E-state index in [1.54, 1.807) is 20.5 Å². The summed E-state index contributed by atoms with van der Waals surface area (Å²) < 4.78 is 23.7. The fourth-order valence-corrected chi connectivity index (χ4v) is 7.65. The third-order valence-corrected chi connectivity index (χ3v) is 9.41. The Morgan fingerprint density at radius 2 is 2.12 bits per heavy atom. The lowest BCUT2D eigenvalue weighted by Crippen LogP contribution is -2.71. The van der Waals surface area contributed by atoms with E-state index in [4.69, 9.17) is 17.3 Å². The van der Waals surface area contributed by atoms with E-state index in [1.807, 2.05) is 35.1 Å². The van der Waals surface area contributed by atoms with Crippen LogP contribution in [0.25, 0.3) is 0 Å². The maximum Gasteiger partial charge on any atom is 0.337 e. The molecule has 3 aliphatic rings. The summed E-state index contributed by atoms with van der Waals surface area (Å²) in [5.74, 6) is 0.858. The third-order valence-electron chi connectivity index (χ3n) is 8.05. The molecule has 0 unspecified atom stereocenters.